The molecule has 3 aromatic rings. The summed E-state index contributed by atoms with van der Waals surface area (Å²) in [5.74, 6) is 0.688. The van der Waals surface area contributed by atoms with Crippen molar-refractivity contribution in [2.75, 3.05) is 31.6 Å². The smallest absolute Gasteiger partial charge is 0.263 e. The number of anilines is 1. The largest absolute Gasteiger partial charge is 0.377 e. The first-order chi connectivity index (χ1) is 15.4. The van der Waals surface area contributed by atoms with Crippen LogP contribution in [0, 0.1) is 6.92 Å². The van der Waals surface area contributed by atoms with E-state index < -0.39 is 11.6 Å². The summed E-state index contributed by atoms with van der Waals surface area (Å²) in [4.78, 5) is 23.6. The SMILES string of the molecule is Cc1ncc(-c2ccc3cnc(NC(=O)C4(F)CCN(CC5CCO5)CC4)cc3c2)n1C. The Hall–Kier alpha value is -2.84. The fraction of sp³-hybridized carbons (Fsp3) is 0.458. The van der Waals surface area contributed by atoms with Gasteiger partial charge in [0.1, 0.15) is 11.6 Å². The van der Waals surface area contributed by atoms with Crippen LogP contribution in [0.3, 0.4) is 0 Å². The zero-order valence-electron chi connectivity index (χ0n) is 18.5. The number of imidazole rings is 1. The summed E-state index contributed by atoms with van der Waals surface area (Å²) < 4.78 is 22.9. The molecule has 32 heavy (non-hydrogen) atoms. The van der Waals surface area contributed by atoms with Crippen molar-refractivity contribution in [3.05, 3.63) is 42.5 Å². The van der Waals surface area contributed by atoms with Crippen molar-refractivity contribution in [3.63, 3.8) is 0 Å². The molecule has 1 aromatic carbocycles. The quantitative estimate of drug-likeness (QED) is 0.662. The molecule has 2 aliphatic rings. The van der Waals surface area contributed by atoms with Crippen molar-refractivity contribution >= 4 is 22.5 Å². The molecular formula is C24H28FN5O2. The molecule has 1 unspecified atom stereocenters. The second-order valence-electron chi connectivity index (χ2n) is 8.88. The molecule has 2 aromatic heterocycles. The van der Waals surface area contributed by atoms with Crippen LogP contribution in [0.25, 0.3) is 22.0 Å². The second kappa shape index (κ2) is 8.26. The fourth-order valence-corrected chi connectivity index (χ4v) is 4.40. The van der Waals surface area contributed by atoms with Gasteiger partial charge in [-0.2, -0.15) is 0 Å². The number of hydrogen-bond donors (Lipinski definition) is 1. The number of alkyl halides is 1. The Labute approximate surface area is 186 Å². The Morgan fingerprint density at radius 1 is 1.22 bits per heavy atom. The lowest BCUT2D eigenvalue weighted by Gasteiger charge is -2.38. The molecule has 0 spiro atoms. The lowest BCUT2D eigenvalue weighted by Crippen LogP contribution is -2.51. The van der Waals surface area contributed by atoms with Crippen molar-refractivity contribution < 1.29 is 13.9 Å². The lowest BCUT2D eigenvalue weighted by molar-refractivity contribution is -0.131. The zero-order valence-corrected chi connectivity index (χ0v) is 18.5. The normalized spacial score (nSPS) is 20.8. The highest BCUT2D eigenvalue weighted by molar-refractivity contribution is 5.98. The number of nitrogens with one attached hydrogen (secondary N) is 1. The maximum Gasteiger partial charge on any atom is 0.263 e. The fourth-order valence-electron chi connectivity index (χ4n) is 4.40. The van der Waals surface area contributed by atoms with E-state index in [0.29, 0.717) is 18.9 Å². The summed E-state index contributed by atoms with van der Waals surface area (Å²) in [7, 11) is 1.98. The Kier molecular flexibility index (Phi) is 5.43. The predicted molar refractivity (Wildman–Crippen MR) is 121 cm³/mol. The third kappa shape index (κ3) is 4.00. The molecule has 1 N–H and O–H groups in total. The van der Waals surface area contributed by atoms with Gasteiger partial charge in [0.15, 0.2) is 5.67 Å². The summed E-state index contributed by atoms with van der Waals surface area (Å²) in [5, 5.41) is 4.59. The number of hydrogen-bond acceptors (Lipinski definition) is 5. The first kappa shape index (κ1) is 21.0. The number of aromatic nitrogens is 3. The number of rotatable bonds is 5. The van der Waals surface area contributed by atoms with Gasteiger partial charge in [0.25, 0.3) is 5.91 Å². The van der Waals surface area contributed by atoms with Crippen molar-refractivity contribution in [1.29, 1.82) is 0 Å². The molecule has 168 valence electrons. The van der Waals surface area contributed by atoms with Crippen LogP contribution >= 0.6 is 0 Å². The molecule has 1 amide bonds. The third-order valence-electron chi connectivity index (χ3n) is 6.79. The Morgan fingerprint density at radius 3 is 2.66 bits per heavy atom. The first-order valence-corrected chi connectivity index (χ1v) is 11.1. The van der Waals surface area contributed by atoms with Gasteiger partial charge < -0.3 is 19.5 Å². The third-order valence-corrected chi connectivity index (χ3v) is 6.79. The van der Waals surface area contributed by atoms with Crippen LogP contribution < -0.4 is 5.32 Å². The summed E-state index contributed by atoms with van der Waals surface area (Å²) >= 11 is 0. The van der Waals surface area contributed by atoms with Gasteiger partial charge >= 0.3 is 0 Å². The van der Waals surface area contributed by atoms with E-state index in [2.05, 4.69) is 20.2 Å². The Bertz CT molecular complexity index is 1150. The standard InChI is InChI=1S/C24H28FN5O2/c1-16-26-14-21(29(16)2)17-3-4-18-13-27-22(12-19(18)11-17)28-23(31)24(25)6-8-30(9-7-24)15-20-5-10-32-20/h3-4,11-14,20H,5-10,15H2,1-2H3,(H,27,28,31). The molecule has 5 rings (SSSR count). The van der Waals surface area contributed by atoms with Crippen molar-refractivity contribution in [3.8, 4) is 11.3 Å². The number of ether oxygens (including phenoxy) is 1. The summed E-state index contributed by atoms with van der Waals surface area (Å²) in [6.07, 6.45) is 5.24. The second-order valence-corrected chi connectivity index (χ2v) is 8.88. The average Bonchev–Trinajstić information content (AvgIpc) is 3.10. The van der Waals surface area contributed by atoms with E-state index in [1.54, 1.807) is 12.3 Å². The molecule has 4 heterocycles. The molecule has 7 nitrogen and oxygen atoms in total. The lowest BCUT2D eigenvalue weighted by atomic mass is 9.92. The van der Waals surface area contributed by atoms with Gasteiger partial charge in [0, 0.05) is 63.3 Å². The number of nitrogens with zero attached hydrogens (tertiary/aromatic N) is 4. The minimum Gasteiger partial charge on any atom is -0.377 e. The molecule has 2 aliphatic heterocycles. The van der Waals surface area contributed by atoms with Gasteiger partial charge in [-0.1, -0.05) is 12.1 Å². The minimum atomic E-state index is -1.87. The summed E-state index contributed by atoms with van der Waals surface area (Å²) in [6, 6.07) is 7.85. The van der Waals surface area contributed by atoms with Gasteiger partial charge in [0.2, 0.25) is 0 Å². The molecule has 2 fully saturated rings. The van der Waals surface area contributed by atoms with Gasteiger partial charge in [-0.05, 0) is 30.9 Å². The number of pyridine rings is 1. The highest BCUT2D eigenvalue weighted by Gasteiger charge is 2.42. The summed E-state index contributed by atoms with van der Waals surface area (Å²) in [5.41, 5.74) is 0.157. The molecule has 0 aliphatic carbocycles. The zero-order chi connectivity index (χ0) is 22.3. The van der Waals surface area contributed by atoms with E-state index in [-0.39, 0.29) is 18.9 Å². The van der Waals surface area contributed by atoms with Crippen LogP contribution in [-0.2, 0) is 16.6 Å². The highest BCUT2D eigenvalue weighted by Crippen LogP contribution is 2.30. The topological polar surface area (TPSA) is 72.3 Å². The maximum absolute atomic E-state index is 15.4. The number of benzene rings is 1. The number of carbonyl (C=O) groups is 1. The van der Waals surface area contributed by atoms with Crippen LogP contribution in [0.4, 0.5) is 10.2 Å². The molecule has 0 radical (unpaired) electrons. The number of halogens is 1. The number of fused-ring (bicyclic) bond motifs is 1. The van der Waals surface area contributed by atoms with E-state index in [9.17, 15) is 4.79 Å². The van der Waals surface area contributed by atoms with Crippen LogP contribution in [0.15, 0.2) is 36.7 Å². The van der Waals surface area contributed by atoms with Crippen LogP contribution in [0.1, 0.15) is 25.1 Å². The number of amides is 1. The van der Waals surface area contributed by atoms with E-state index >= 15 is 4.39 Å². The number of likely N-dealkylation sites (tertiary alicyclic amines) is 1. The summed E-state index contributed by atoms with van der Waals surface area (Å²) in [6.45, 7) is 4.71. The minimum absolute atomic E-state index is 0.184. The van der Waals surface area contributed by atoms with E-state index in [0.717, 1.165) is 47.4 Å². The number of carbonyl (C=O) groups excluding carboxylic acids is 1. The van der Waals surface area contributed by atoms with Gasteiger partial charge in [-0.25, -0.2) is 14.4 Å². The Balaban J connectivity index is 1.29. The Morgan fingerprint density at radius 2 is 2.00 bits per heavy atom. The molecule has 0 saturated carbocycles. The first-order valence-electron chi connectivity index (χ1n) is 11.1. The van der Waals surface area contributed by atoms with Gasteiger partial charge in [-0.15, -0.1) is 0 Å². The van der Waals surface area contributed by atoms with Crippen molar-refractivity contribution in [1.82, 2.24) is 19.4 Å². The van der Waals surface area contributed by atoms with Crippen molar-refractivity contribution in [2.24, 2.45) is 7.05 Å². The van der Waals surface area contributed by atoms with Crippen LogP contribution in [-0.4, -0.2) is 63.4 Å². The highest BCUT2D eigenvalue weighted by atomic mass is 19.1. The molecule has 1 atom stereocenters. The number of aryl methyl sites for hydroxylation is 1. The average molecular weight is 438 g/mol. The molecule has 8 heteroatoms. The predicted octanol–water partition coefficient (Wildman–Crippen LogP) is 3.48. The number of piperidine rings is 1. The van der Waals surface area contributed by atoms with Crippen molar-refractivity contribution in [2.45, 2.75) is 38.0 Å². The van der Waals surface area contributed by atoms with Gasteiger partial charge in [0.05, 0.1) is 18.0 Å². The van der Waals surface area contributed by atoms with Gasteiger partial charge in [-0.3, -0.25) is 4.79 Å². The van der Waals surface area contributed by atoms with Crippen LogP contribution in [0.5, 0.6) is 0 Å². The monoisotopic (exact) mass is 437 g/mol. The van der Waals surface area contributed by atoms with E-state index in [1.165, 1.54) is 0 Å². The maximum atomic E-state index is 15.4. The molecule has 0 bridgehead atoms. The molecular weight excluding hydrogens is 409 g/mol. The molecule has 2 saturated heterocycles. The van der Waals surface area contributed by atoms with E-state index in [1.807, 2.05) is 42.9 Å². The van der Waals surface area contributed by atoms with E-state index in [4.69, 9.17) is 4.74 Å². The van der Waals surface area contributed by atoms with Crippen LogP contribution in [0.2, 0.25) is 0 Å².